The van der Waals surface area contributed by atoms with Crippen molar-refractivity contribution in [1.29, 1.82) is 0 Å². The van der Waals surface area contributed by atoms with Crippen LogP contribution in [-0.2, 0) is 21.3 Å². The van der Waals surface area contributed by atoms with Crippen LogP contribution in [0.25, 0.3) is 10.2 Å². The Kier molecular flexibility index (Phi) is 6.30. The number of nitro groups is 1. The van der Waals surface area contributed by atoms with Crippen molar-refractivity contribution in [2.24, 2.45) is 4.40 Å². The maximum absolute atomic E-state index is 12.8. The lowest BCUT2D eigenvalue weighted by Crippen LogP contribution is -2.19. The van der Waals surface area contributed by atoms with Crippen LogP contribution in [0.3, 0.4) is 0 Å². The summed E-state index contributed by atoms with van der Waals surface area (Å²) in [7, 11) is -2.49. The van der Waals surface area contributed by atoms with Crippen molar-refractivity contribution >= 4 is 37.3 Å². The number of fused-ring (bicyclic) bond motifs is 1. The Hall–Kier alpha value is -2.76. The summed E-state index contributed by atoms with van der Waals surface area (Å²) in [6.07, 6.45) is 0. The van der Waals surface area contributed by atoms with Crippen molar-refractivity contribution < 1.29 is 22.8 Å². The Balaban J connectivity index is 2.14. The van der Waals surface area contributed by atoms with Crippen LogP contribution < -0.4 is 9.54 Å². The summed E-state index contributed by atoms with van der Waals surface area (Å²) in [4.78, 5) is 10.8. The zero-order valence-corrected chi connectivity index (χ0v) is 17.4. The van der Waals surface area contributed by atoms with E-state index in [0.717, 1.165) is 11.3 Å². The molecule has 11 heteroatoms. The molecule has 3 aromatic rings. The van der Waals surface area contributed by atoms with Crippen LogP contribution in [0.4, 0.5) is 5.69 Å². The van der Waals surface area contributed by atoms with Gasteiger partial charge in [0.05, 0.1) is 33.8 Å². The quantitative estimate of drug-likeness (QED) is 0.304. The summed E-state index contributed by atoms with van der Waals surface area (Å²) >= 11 is 1.08. The van der Waals surface area contributed by atoms with Crippen LogP contribution in [-0.4, -0.2) is 38.2 Å². The topological polar surface area (TPSA) is 113 Å². The number of nitrogens with zero attached hydrogens (tertiary/aromatic N) is 3. The van der Waals surface area contributed by atoms with Gasteiger partial charge in [-0.15, -0.1) is 4.40 Å². The molecule has 2 aromatic carbocycles. The molecule has 0 fully saturated rings. The summed E-state index contributed by atoms with van der Waals surface area (Å²) in [6, 6.07) is 10.3. The van der Waals surface area contributed by atoms with Crippen molar-refractivity contribution in [3.8, 4) is 5.75 Å². The first-order chi connectivity index (χ1) is 13.9. The predicted octanol–water partition coefficient (Wildman–Crippen LogP) is 2.95. The molecule has 1 aromatic heterocycles. The number of hydrogen-bond acceptors (Lipinski definition) is 7. The highest BCUT2D eigenvalue weighted by atomic mass is 32.2. The Morgan fingerprint density at radius 1 is 1.21 bits per heavy atom. The lowest BCUT2D eigenvalue weighted by molar-refractivity contribution is -0.384. The van der Waals surface area contributed by atoms with E-state index in [1.165, 1.54) is 31.4 Å². The van der Waals surface area contributed by atoms with Crippen LogP contribution in [0.2, 0.25) is 0 Å². The number of hydrogen-bond donors (Lipinski definition) is 0. The summed E-state index contributed by atoms with van der Waals surface area (Å²) in [5.41, 5.74) is 0.587. The molecule has 154 valence electrons. The van der Waals surface area contributed by atoms with Crippen molar-refractivity contribution in [3.63, 3.8) is 0 Å². The molecule has 29 heavy (non-hydrogen) atoms. The SMILES string of the molecule is CCOCCn1/c(=N/S(=O)(=O)c2ccc(OC)cc2)sc2cc([N+](=O)[O-])ccc21. The zero-order valence-electron chi connectivity index (χ0n) is 15.8. The van der Waals surface area contributed by atoms with Gasteiger partial charge in [0, 0.05) is 25.3 Å². The molecule has 0 aliphatic heterocycles. The minimum atomic E-state index is -3.98. The summed E-state index contributed by atoms with van der Waals surface area (Å²) in [6.45, 7) is 3.10. The normalized spacial score (nSPS) is 12.4. The molecule has 0 unspecified atom stereocenters. The number of ether oxygens (including phenoxy) is 2. The van der Waals surface area contributed by atoms with E-state index in [4.69, 9.17) is 9.47 Å². The van der Waals surface area contributed by atoms with Gasteiger partial charge < -0.3 is 14.0 Å². The summed E-state index contributed by atoms with van der Waals surface area (Å²) in [5.74, 6) is 0.532. The second kappa shape index (κ2) is 8.72. The fraction of sp³-hybridized carbons (Fsp3) is 0.278. The Labute approximate surface area is 171 Å². The van der Waals surface area contributed by atoms with E-state index in [2.05, 4.69) is 4.40 Å². The van der Waals surface area contributed by atoms with Gasteiger partial charge in [-0.1, -0.05) is 11.3 Å². The number of methoxy groups -OCH3 is 1. The van der Waals surface area contributed by atoms with Crippen LogP contribution in [0.1, 0.15) is 6.92 Å². The first-order valence-corrected chi connectivity index (χ1v) is 10.9. The molecule has 3 rings (SSSR count). The second-order valence-electron chi connectivity index (χ2n) is 5.88. The minimum Gasteiger partial charge on any atom is -0.497 e. The monoisotopic (exact) mass is 437 g/mol. The Morgan fingerprint density at radius 2 is 1.93 bits per heavy atom. The molecule has 0 aliphatic rings. The highest BCUT2D eigenvalue weighted by molar-refractivity contribution is 7.90. The standard InChI is InChI=1S/C18H19N3O6S2/c1-3-27-11-10-20-16-9-4-13(21(22)23)12-17(16)28-18(20)19-29(24,25)15-7-5-14(26-2)6-8-15/h4-9,12H,3,10-11H2,1-2H3/b19-18-. The van der Waals surface area contributed by atoms with Crippen LogP contribution >= 0.6 is 11.3 Å². The number of benzene rings is 2. The smallest absolute Gasteiger partial charge is 0.285 e. The van der Waals surface area contributed by atoms with Gasteiger partial charge in [-0.2, -0.15) is 8.42 Å². The molecule has 0 N–H and O–H groups in total. The van der Waals surface area contributed by atoms with E-state index >= 15 is 0 Å². The lowest BCUT2D eigenvalue weighted by atomic mass is 10.3. The summed E-state index contributed by atoms with van der Waals surface area (Å²) < 4.78 is 42.3. The van der Waals surface area contributed by atoms with E-state index in [9.17, 15) is 18.5 Å². The molecule has 0 saturated carbocycles. The van der Waals surface area contributed by atoms with Crippen LogP contribution in [0.15, 0.2) is 51.8 Å². The highest BCUT2D eigenvalue weighted by Crippen LogP contribution is 2.24. The van der Waals surface area contributed by atoms with Crippen molar-refractivity contribution in [2.45, 2.75) is 18.4 Å². The van der Waals surface area contributed by atoms with Gasteiger partial charge in [-0.05, 0) is 37.3 Å². The van der Waals surface area contributed by atoms with Crippen LogP contribution in [0.5, 0.6) is 5.75 Å². The Bertz CT molecular complexity index is 1200. The number of thiazole rings is 1. The average molecular weight is 437 g/mol. The van der Waals surface area contributed by atoms with E-state index in [1.807, 2.05) is 6.92 Å². The minimum absolute atomic E-state index is 0.0260. The van der Waals surface area contributed by atoms with Gasteiger partial charge >= 0.3 is 0 Å². The molecule has 0 saturated heterocycles. The van der Waals surface area contributed by atoms with Gasteiger partial charge in [0.2, 0.25) is 4.80 Å². The van der Waals surface area contributed by atoms with Gasteiger partial charge in [0.25, 0.3) is 15.7 Å². The molecule has 0 spiro atoms. The number of non-ortho nitro benzene ring substituents is 1. The molecular formula is C18H19N3O6S2. The first-order valence-electron chi connectivity index (χ1n) is 8.66. The molecule has 0 radical (unpaired) electrons. The molecule has 0 amide bonds. The van der Waals surface area contributed by atoms with Gasteiger partial charge in [-0.25, -0.2) is 0 Å². The van der Waals surface area contributed by atoms with Gasteiger partial charge in [0.1, 0.15) is 5.75 Å². The van der Waals surface area contributed by atoms with E-state index in [0.29, 0.717) is 35.7 Å². The molecule has 0 aliphatic carbocycles. The summed E-state index contributed by atoms with van der Waals surface area (Å²) in [5, 5.41) is 11.1. The van der Waals surface area contributed by atoms with Crippen LogP contribution in [0, 0.1) is 10.1 Å². The van der Waals surface area contributed by atoms with Gasteiger partial charge in [0.15, 0.2) is 0 Å². The molecular weight excluding hydrogens is 418 g/mol. The van der Waals surface area contributed by atoms with Crippen molar-refractivity contribution in [3.05, 3.63) is 57.4 Å². The second-order valence-corrected chi connectivity index (χ2v) is 8.50. The maximum Gasteiger partial charge on any atom is 0.285 e. The van der Waals surface area contributed by atoms with E-state index < -0.39 is 14.9 Å². The highest BCUT2D eigenvalue weighted by Gasteiger charge is 2.16. The molecule has 0 atom stereocenters. The third-order valence-corrected chi connectivity index (χ3v) is 6.53. The first kappa shape index (κ1) is 21.0. The maximum atomic E-state index is 12.8. The van der Waals surface area contributed by atoms with Crippen molar-refractivity contribution in [1.82, 2.24) is 4.57 Å². The fourth-order valence-corrected chi connectivity index (χ4v) is 4.96. The van der Waals surface area contributed by atoms with E-state index in [-0.39, 0.29) is 15.4 Å². The number of rotatable bonds is 8. The zero-order chi connectivity index (χ0) is 21.0. The number of aromatic nitrogens is 1. The number of nitro benzene ring substituents is 1. The molecule has 1 heterocycles. The third-order valence-electron chi connectivity index (χ3n) is 4.10. The molecule has 0 bridgehead atoms. The van der Waals surface area contributed by atoms with E-state index in [1.54, 1.807) is 22.8 Å². The van der Waals surface area contributed by atoms with Gasteiger partial charge in [-0.3, -0.25) is 10.1 Å². The fourth-order valence-electron chi connectivity index (χ4n) is 2.66. The largest absolute Gasteiger partial charge is 0.497 e. The molecule has 9 nitrogen and oxygen atoms in total. The predicted molar refractivity (Wildman–Crippen MR) is 109 cm³/mol. The third kappa shape index (κ3) is 4.63. The number of sulfonamides is 1. The average Bonchev–Trinajstić information content (AvgIpc) is 3.04. The van der Waals surface area contributed by atoms with Crippen molar-refractivity contribution in [2.75, 3.05) is 20.3 Å². The Morgan fingerprint density at radius 3 is 2.55 bits per heavy atom. The lowest BCUT2D eigenvalue weighted by Gasteiger charge is -2.06.